The number of halogens is 1. The van der Waals surface area contributed by atoms with E-state index in [-0.39, 0.29) is 5.82 Å². The molecular formula is C15H19FOS. The van der Waals surface area contributed by atoms with Crippen LogP contribution in [0.5, 0.6) is 0 Å². The number of hydrogen-bond donors (Lipinski definition) is 1. The molecule has 1 aromatic carbocycles. The molecule has 2 bridgehead atoms. The lowest BCUT2D eigenvalue weighted by molar-refractivity contribution is 0.0240. The molecule has 1 aromatic rings. The van der Waals surface area contributed by atoms with Crippen molar-refractivity contribution in [3.05, 3.63) is 35.1 Å². The smallest absolute Gasteiger partial charge is 0.123 e. The zero-order valence-corrected chi connectivity index (χ0v) is 11.5. The van der Waals surface area contributed by atoms with Crippen LogP contribution in [0.25, 0.3) is 0 Å². The SMILES string of the molecule is Cc1ccc(F)cc1CC1(O)CC2CCC(C1)S2. The number of aliphatic hydroxyl groups is 1. The minimum Gasteiger partial charge on any atom is -0.389 e. The van der Waals surface area contributed by atoms with E-state index in [4.69, 9.17) is 0 Å². The molecule has 2 aliphatic rings. The van der Waals surface area contributed by atoms with E-state index in [1.807, 2.05) is 18.7 Å². The summed E-state index contributed by atoms with van der Waals surface area (Å²) in [5.41, 5.74) is 1.43. The molecule has 2 aliphatic heterocycles. The van der Waals surface area contributed by atoms with Crippen molar-refractivity contribution in [2.75, 3.05) is 0 Å². The summed E-state index contributed by atoms with van der Waals surface area (Å²) in [7, 11) is 0. The van der Waals surface area contributed by atoms with Crippen LogP contribution in [0.4, 0.5) is 4.39 Å². The highest BCUT2D eigenvalue weighted by Crippen LogP contribution is 2.48. The Hall–Kier alpha value is -0.540. The molecule has 3 rings (SSSR count). The van der Waals surface area contributed by atoms with Crippen LogP contribution in [0.3, 0.4) is 0 Å². The lowest BCUT2D eigenvalue weighted by atomic mass is 9.85. The average Bonchev–Trinajstić information content (AvgIpc) is 2.64. The van der Waals surface area contributed by atoms with Gasteiger partial charge in [-0.15, -0.1) is 0 Å². The van der Waals surface area contributed by atoms with Crippen molar-refractivity contribution in [2.24, 2.45) is 0 Å². The number of fused-ring (bicyclic) bond motifs is 2. The molecule has 2 atom stereocenters. The summed E-state index contributed by atoms with van der Waals surface area (Å²) in [6.45, 7) is 1.99. The van der Waals surface area contributed by atoms with Gasteiger partial charge in [-0.05, 0) is 55.9 Å². The number of rotatable bonds is 2. The number of benzene rings is 1. The number of thioether (sulfide) groups is 1. The Labute approximate surface area is 112 Å². The summed E-state index contributed by atoms with van der Waals surface area (Å²) < 4.78 is 13.3. The fourth-order valence-corrected chi connectivity index (χ4v) is 5.24. The molecule has 0 radical (unpaired) electrons. The molecule has 0 saturated carbocycles. The van der Waals surface area contributed by atoms with E-state index in [1.165, 1.54) is 18.9 Å². The summed E-state index contributed by atoms with van der Waals surface area (Å²) in [4.78, 5) is 0. The van der Waals surface area contributed by atoms with E-state index in [0.29, 0.717) is 16.9 Å². The van der Waals surface area contributed by atoms with E-state index >= 15 is 0 Å². The highest BCUT2D eigenvalue weighted by atomic mass is 32.2. The summed E-state index contributed by atoms with van der Waals surface area (Å²) in [5, 5.41) is 12.0. The van der Waals surface area contributed by atoms with Gasteiger partial charge in [0.25, 0.3) is 0 Å². The minimum atomic E-state index is -0.615. The predicted molar refractivity (Wildman–Crippen MR) is 73.4 cm³/mol. The van der Waals surface area contributed by atoms with Crippen molar-refractivity contribution in [3.8, 4) is 0 Å². The van der Waals surface area contributed by atoms with E-state index in [0.717, 1.165) is 24.0 Å². The van der Waals surface area contributed by atoms with E-state index in [1.54, 1.807) is 12.1 Å². The first-order valence-corrected chi connectivity index (χ1v) is 7.61. The van der Waals surface area contributed by atoms with Crippen LogP contribution in [0.2, 0.25) is 0 Å². The van der Waals surface area contributed by atoms with Crippen LogP contribution in [0.1, 0.15) is 36.8 Å². The van der Waals surface area contributed by atoms with Gasteiger partial charge in [-0.25, -0.2) is 4.39 Å². The van der Waals surface area contributed by atoms with Gasteiger partial charge >= 0.3 is 0 Å². The molecule has 18 heavy (non-hydrogen) atoms. The van der Waals surface area contributed by atoms with Gasteiger partial charge in [0, 0.05) is 16.9 Å². The van der Waals surface area contributed by atoms with E-state index in [2.05, 4.69) is 0 Å². The lowest BCUT2D eigenvalue weighted by Gasteiger charge is -2.36. The van der Waals surface area contributed by atoms with Crippen LogP contribution in [-0.4, -0.2) is 21.2 Å². The molecule has 3 heteroatoms. The maximum atomic E-state index is 13.3. The molecule has 1 N–H and O–H groups in total. The Balaban J connectivity index is 1.81. The molecule has 0 spiro atoms. The van der Waals surface area contributed by atoms with Crippen LogP contribution in [0, 0.1) is 12.7 Å². The van der Waals surface area contributed by atoms with Crippen LogP contribution in [0.15, 0.2) is 18.2 Å². The van der Waals surface area contributed by atoms with Gasteiger partial charge in [-0.1, -0.05) is 6.07 Å². The molecule has 0 aromatic heterocycles. The van der Waals surface area contributed by atoms with Crippen LogP contribution >= 0.6 is 11.8 Å². The fourth-order valence-electron chi connectivity index (χ4n) is 3.34. The normalized spacial score (nSPS) is 34.8. The Morgan fingerprint density at radius 2 is 2.00 bits per heavy atom. The Bertz CT molecular complexity index is 448. The Morgan fingerprint density at radius 1 is 1.33 bits per heavy atom. The number of hydrogen-bond acceptors (Lipinski definition) is 2. The second-order valence-electron chi connectivity index (χ2n) is 5.84. The highest BCUT2D eigenvalue weighted by molar-refractivity contribution is 8.00. The third-order valence-corrected chi connectivity index (χ3v) is 5.82. The topological polar surface area (TPSA) is 20.2 Å². The van der Waals surface area contributed by atoms with Crippen molar-refractivity contribution < 1.29 is 9.50 Å². The van der Waals surface area contributed by atoms with Crippen molar-refractivity contribution in [3.63, 3.8) is 0 Å². The van der Waals surface area contributed by atoms with Gasteiger partial charge in [0.15, 0.2) is 0 Å². The van der Waals surface area contributed by atoms with Crippen molar-refractivity contribution in [1.29, 1.82) is 0 Å². The maximum absolute atomic E-state index is 13.3. The van der Waals surface area contributed by atoms with Gasteiger partial charge in [0.05, 0.1) is 5.60 Å². The standard InChI is InChI=1S/C15H19FOS/c1-10-2-3-12(16)6-11(10)7-15(17)8-13-4-5-14(9-15)18-13/h2-3,6,13-14,17H,4-5,7-9H2,1H3. The average molecular weight is 266 g/mol. The zero-order chi connectivity index (χ0) is 12.8. The predicted octanol–water partition coefficient (Wildman–Crippen LogP) is 3.47. The quantitative estimate of drug-likeness (QED) is 0.884. The molecule has 0 amide bonds. The maximum Gasteiger partial charge on any atom is 0.123 e. The lowest BCUT2D eigenvalue weighted by Crippen LogP contribution is -2.39. The minimum absolute atomic E-state index is 0.202. The molecule has 2 unspecified atom stereocenters. The molecule has 2 fully saturated rings. The molecule has 2 heterocycles. The third kappa shape index (κ3) is 2.43. The molecular weight excluding hydrogens is 247 g/mol. The molecule has 1 nitrogen and oxygen atoms in total. The Morgan fingerprint density at radius 3 is 2.67 bits per heavy atom. The Kier molecular flexibility index (Phi) is 3.15. The van der Waals surface area contributed by atoms with Gasteiger partial charge in [-0.2, -0.15) is 11.8 Å². The first-order chi connectivity index (χ1) is 8.54. The van der Waals surface area contributed by atoms with Crippen LogP contribution in [-0.2, 0) is 6.42 Å². The van der Waals surface area contributed by atoms with Crippen molar-refractivity contribution >= 4 is 11.8 Å². The monoisotopic (exact) mass is 266 g/mol. The van der Waals surface area contributed by atoms with Gasteiger partial charge in [-0.3, -0.25) is 0 Å². The largest absolute Gasteiger partial charge is 0.389 e. The molecule has 98 valence electrons. The fraction of sp³-hybridized carbons (Fsp3) is 0.600. The van der Waals surface area contributed by atoms with Gasteiger partial charge in [0.1, 0.15) is 5.82 Å². The molecule has 2 saturated heterocycles. The van der Waals surface area contributed by atoms with E-state index in [9.17, 15) is 9.50 Å². The summed E-state index contributed by atoms with van der Waals surface area (Å²) >= 11 is 2.04. The van der Waals surface area contributed by atoms with Crippen LogP contribution < -0.4 is 0 Å². The van der Waals surface area contributed by atoms with Crippen molar-refractivity contribution in [1.82, 2.24) is 0 Å². The second kappa shape index (κ2) is 4.53. The first kappa shape index (κ1) is 12.5. The second-order valence-corrected chi connectivity index (χ2v) is 7.44. The number of aryl methyl sites for hydroxylation is 1. The zero-order valence-electron chi connectivity index (χ0n) is 10.7. The van der Waals surface area contributed by atoms with E-state index < -0.39 is 5.60 Å². The summed E-state index contributed by atoms with van der Waals surface area (Å²) in [6, 6.07) is 4.88. The van der Waals surface area contributed by atoms with Gasteiger partial charge in [0.2, 0.25) is 0 Å². The summed E-state index contributed by atoms with van der Waals surface area (Å²) in [5.74, 6) is -0.202. The third-order valence-electron chi connectivity index (χ3n) is 4.24. The first-order valence-electron chi connectivity index (χ1n) is 6.67. The molecule has 0 aliphatic carbocycles. The van der Waals surface area contributed by atoms with Gasteiger partial charge < -0.3 is 5.11 Å². The summed E-state index contributed by atoms with van der Waals surface area (Å²) in [6.07, 6.45) is 4.80. The highest BCUT2D eigenvalue weighted by Gasteiger charge is 2.43. The van der Waals surface area contributed by atoms with Crippen molar-refractivity contribution in [2.45, 2.75) is 55.1 Å².